The number of aromatic nitrogens is 2. The Morgan fingerprint density at radius 1 is 1.22 bits per heavy atom. The van der Waals surface area contributed by atoms with Crippen LogP contribution in [0.25, 0.3) is 11.0 Å². The average Bonchev–Trinajstić information content (AvgIpc) is 2.55. The average molecular weight is 409 g/mol. The van der Waals surface area contributed by atoms with Crippen molar-refractivity contribution in [3.8, 4) is 0 Å². The van der Waals surface area contributed by atoms with Gasteiger partial charge in [0.1, 0.15) is 5.78 Å². The minimum absolute atomic E-state index is 0.00213. The van der Waals surface area contributed by atoms with Crippen LogP contribution in [-0.4, -0.2) is 22.8 Å². The molecule has 0 saturated heterocycles. The van der Waals surface area contributed by atoms with Crippen molar-refractivity contribution in [3.05, 3.63) is 38.4 Å². The summed E-state index contributed by atoms with van der Waals surface area (Å²) in [4.78, 5) is 26.5. The van der Waals surface area contributed by atoms with Crippen molar-refractivity contribution < 1.29 is 26.8 Å². The number of hydrogen-bond acceptors (Lipinski definition) is 6. The molecule has 0 aliphatic heterocycles. The molecule has 1 aromatic heterocycles. The molecule has 1 aromatic carbocycles. The summed E-state index contributed by atoms with van der Waals surface area (Å²) in [6, 6.07) is 1.52. The van der Waals surface area contributed by atoms with Gasteiger partial charge in [-0.2, -0.15) is 13.2 Å². The van der Waals surface area contributed by atoms with Crippen LogP contribution in [0.5, 0.6) is 0 Å². The van der Waals surface area contributed by atoms with E-state index >= 15 is 0 Å². The summed E-state index contributed by atoms with van der Waals surface area (Å²) in [5, 5.41) is 0. The van der Waals surface area contributed by atoms with Gasteiger partial charge in [0.2, 0.25) is 0 Å². The van der Waals surface area contributed by atoms with Crippen molar-refractivity contribution >= 4 is 24.3 Å². The first-order valence-corrected chi connectivity index (χ1v) is 9.61. The van der Waals surface area contributed by atoms with E-state index in [1.165, 1.54) is 6.92 Å². The molecule has 0 spiro atoms. The molecule has 0 radical (unpaired) electrons. The zero-order chi connectivity index (χ0) is 20.6. The van der Waals surface area contributed by atoms with Crippen LogP contribution in [-0.2, 0) is 19.8 Å². The number of nitrogen functional groups attached to an aromatic ring is 1. The Morgan fingerprint density at radius 3 is 2.26 bits per heavy atom. The molecular weight excluding hydrogens is 390 g/mol. The number of nitrogens with zero attached hydrogens (tertiary/aromatic N) is 1. The number of fused-ring (bicyclic) bond motifs is 1. The van der Waals surface area contributed by atoms with Gasteiger partial charge in [0.25, 0.3) is 0 Å². The molecule has 27 heavy (non-hydrogen) atoms. The van der Waals surface area contributed by atoms with Crippen LogP contribution >= 0.6 is 7.60 Å². The van der Waals surface area contributed by atoms with Gasteiger partial charge < -0.3 is 19.8 Å². The van der Waals surface area contributed by atoms with Crippen LogP contribution in [0.3, 0.4) is 0 Å². The van der Waals surface area contributed by atoms with Crippen molar-refractivity contribution in [2.24, 2.45) is 0 Å². The first-order valence-electron chi connectivity index (χ1n) is 8.00. The molecule has 1 unspecified atom stereocenters. The molecule has 0 amide bonds. The lowest BCUT2D eigenvalue weighted by Crippen LogP contribution is -2.38. The molecule has 1 atom stereocenters. The molecule has 0 aliphatic rings. The fourth-order valence-corrected chi connectivity index (χ4v) is 4.41. The van der Waals surface area contributed by atoms with Crippen molar-refractivity contribution in [1.82, 2.24) is 9.55 Å². The van der Waals surface area contributed by atoms with E-state index in [0.717, 1.165) is 10.6 Å². The normalized spacial score (nSPS) is 13.9. The summed E-state index contributed by atoms with van der Waals surface area (Å²) in [6.07, 6.45) is -4.76. The summed E-state index contributed by atoms with van der Waals surface area (Å²) in [5.74, 6) is -1.27. The smallest absolute Gasteiger partial charge is 0.398 e. The molecule has 3 N–H and O–H groups in total. The highest BCUT2D eigenvalue weighted by Gasteiger charge is 2.37. The standard InChI is InChI=1S/C15H19F3N3O5P/c1-4-25-27(24,26-5-2)8(3)21-12-7-10(19)9(15(16,17)18)6-11(12)20-13(22)14(21)23/h6-8H,4-5,19H2,1-3H3,(H,20,22). The van der Waals surface area contributed by atoms with Gasteiger partial charge in [0.15, 0.2) is 0 Å². The van der Waals surface area contributed by atoms with E-state index in [-0.39, 0.29) is 24.2 Å². The number of halogens is 3. The number of rotatable bonds is 6. The number of aromatic amines is 1. The van der Waals surface area contributed by atoms with Gasteiger partial charge in [-0.1, -0.05) is 0 Å². The Labute approximate surface area is 151 Å². The SMILES string of the molecule is CCOP(=O)(OCC)C(C)n1c(=O)c(=O)[nH]c2cc(C(F)(F)F)c(N)cc21. The van der Waals surface area contributed by atoms with Crippen molar-refractivity contribution in [2.45, 2.75) is 32.7 Å². The van der Waals surface area contributed by atoms with E-state index in [9.17, 15) is 27.3 Å². The van der Waals surface area contributed by atoms with E-state index < -0.39 is 41.9 Å². The summed E-state index contributed by atoms with van der Waals surface area (Å²) >= 11 is 0. The Hall–Kier alpha value is -2.10. The van der Waals surface area contributed by atoms with Gasteiger partial charge in [0, 0.05) is 5.69 Å². The zero-order valence-corrected chi connectivity index (χ0v) is 15.7. The Bertz CT molecular complexity index is 1000. The molecule has 0 fully saturated rings. The molecule has 12 heteroatoms. The number of H-pyrrole nitrogens is 1. The lowest BCUT2D eigenvalue weighted by atomic mass is 10.1. The number of nitrogens with two attached hydrogens (primary N) is 1. The Kier molecular flexibility index (Phi) is 5.88. The highest BCUT2D eigenvalue weighted by atomic mass is 31.2. The molecule has 0 aliphatic carbocycles. The van der Waals surface area contributed by atoms with Crippen LogP contribution in [0.2, 0.25) is 0 Å². The second kappa shape index (κ2) is 7.49. The van der Waals surface area contributed by atoms with Crippen LogP contribution in [0, 0.1) is 0 Å². The number of anilines is 1. The van der Waals surface area contributed by atoms with Crippen molar-refractivity contribution in [1.29, 1.82) is 0 Å². The molecule has 150 valence electrons. The molecule has 1 heterocycles. The zero-order valence-electron chi connectivity index (χ0n) is 14.8. The maximum absolute atomic E-state index is 13.1. The number of nitrogens with one attached hydrogen (secondary N) is 1. The first-order chi connectivity index (χ1) is 12.5. The lowest BCUT2D eigenvalue weighted by Gasteiger charge is -2.26. The van der Waals surface area contributed by atoms with Crippen LogP contribution < -0.4 is 16.9 Å². The minimum Gasteiger partial charge on any atom is -0.398 e. The quantitative estimate of drug-likeness (QED) is 0.430. The summed E-state index contributed by atoms with van der Waals surface area (Å²) in [6.45, 7) is 4.44. The highest BCUT2D eigenvalue weighted by Crippen LogP contribution is 2.58. The number of hydrogen-bond donors (Lipinski definition) is 2. The minimum atomic E-state index is -4.76. The van der Waals surface area contributed by atoms with Gasteiger partial charge in [-0.3, -0.25) is 18.7 Å². The van der Waals surface area contributed by atoms with Crippen LogP contribution in [0.1, 0.15) is 32.1 Å². The monoisotopic (exact) mass is 409 g/mol. The third-order valence-electron chi connectivity index (χ3n) is 3.84. The van der Waals surface area contributed by atoms with Gasteiger partial charge in [-0.25, -0.2) is 0 Å². The van der Waals surface area contributed by atoms with E-state index in [4.69, 9.17) is 14.8 Å². The van der Waals surface area contributed by atoms with Crippen molar-refractivity contribution in [3.63, 3.8) is 0 Å². The molecule has 8 nitrogen and oxygen atoms in total. The van der Waals surface area contributed by atoms with Gasteiger partial charge in [-0.05, 0) is 32.9 Å². The van der Waals surface area contributed by atoms with Gasteiger partial charge >= 0.3 is 24.9 Å². The summed E-state index contributed by atoms with van der Waals surface area (Å²) < 4.78 is 63.4. The number of alkyl halides is 3. The largest absolute Gasteiger partial charge is 0.418 e. The summed E-state index contributed by atoms with van der Waals surface area (Å²) in [5.41, 5.74) is 0.980. The Morgan fingerprint density at radius 2 is 1.78 bits per heavy atom. The van der Waals surface area contributed by atoms with Crippen molar-refractivity contribution in [2.75, 3.05) is 18.9 Å². The van der Waals surface area contributed by atoms with E-state index in [0.29, 0.717) is 6.07 Å². The maximum Gasteiger partial charge on any atom is 0.418 e. The third-order valence-corrected chi connectivity index (χ3v) is 6.23. The van der Waals surface area contributed by atoms with E-state index in [1.54, 1.807) is 13.8 Å². The first kappa shape index (κ1) is 21.2. The molecular formula is C15H19F3N3O5P. The fraction of sp³-hybridized carbons (Fsp3) is 0.467. The molecule has 0 saturated carbocycles. The van der Waals surface area contributed by atoms with Gasteiger partial charge in [0.05, 0.1) is 29.8 Å². The predicted molar refractivity (Wildman–Crippen MR) is 93.8 cm³/mol. The predicted octanol–water partition coefficient (Wildman–Crippen LogP) is 3.08. The second-order valence-electron chi connectivity index (χ2n) is 5.59. The third kappa shape index (κ3) is 3.95. The molecule has 2 aromatic rings. The fourth-order valence-electron chi connectivity index (χ4n) is 2.67. The molecule has 0 bridgehead atoms. The van der Waals surface area contributed by atoms with Gasteiger partial charge in [-0.15, -0.1) is 0 Å². The van der Waals surface area contributed by atoms with Crippen LogP contribution in [0.4, 0.5) is 18.9 Å². The maximum atomic E-state index is 13.1. The molecule has 2 rings (SSSR count). The lowest BCUT2D eigenvalue weighted by molar-refractivity contribution is -0.136. The van der Waals surface area contributed by atoms with E-state index in [2.05, 4.69) is 4.98 Å². The second-order valence-corrected chi connectivity index (χ2v) is 7.93. The number of benzene rings is 1. The highest BCUT2D eigenvalue weighted by molar-refractivity contribution is 7.53. The topological polar surface area (TPSA) is 116 Å². The van der Waals surface area contributed by atoms with E-state index in [1.807, 2.05) is 0 Å². The van der Waals surface area contributed by atoms with Crippen LogP contribution in [0.15, 0.2) is 21.7 Å². The summed E-state index contributed by atoms with van der Waals surface area (Å²) in [7, 11) is -3.90. The Balaban J connectivity index is 2.85.